The number of likely N-dealkylation sites (N-methyl/N-ethyl adjacent to an activating group) is 1. The van der Waals surface area contributed by atoms with Gasteiger partial charge in [0.1, 0.15) is 11.9 Å². The Labute approximate surface area is 211 Å². The number of aromatic nitrogens is 2. The van der Waals surface area contributed by atoms with Crippen LogP contribution < -0.4 is 4.90 Å². The van der Waals surface area contributed by atoms with E-state index in [1.807, 2.05) is 55.1 Å². The Bertz CT molecular complexity index is 1170. The normalized spacial score (nSPS) is 17.6. The van der Waals surface area contributed by atoms with Gasteiger partial charge in [-0.25, -0.2) is 4.39 Å². The predicted molar refractivity (Wildman–Crippen MR) is 137 cm³/mol. The number of piperazine rings is 1. The third kappa shape index (κ3) is 4.87. The van der Waals surface area contributed by atoms with Crippen molar-refractivity contribution in [2.45, 2.75) is 45.1 Å². The highest BCUT2D eigenvalue weighted by Gasteiger charge is 2.33. The van der Waals surface area contributed by atoms with Crippen LogP contribution in [0, 0.1) is 5.82 Å². The van der Waals surface area contributed by atoms with Gasteiger partial charge in [0.25, 0.3) is 0 Å². The highest BCUT2D eigenvalue weighted by molar-refractivity contribution is 5.83. The first-order chi connectivity index (χ1) is 17.6. The summed E-state index contributed by atoms with van der Waals surface area (Å²) in [4.78, 5) is 24.1. The molecule has 2 heterocycles. The van der Waals surface area contributed by atoms with Gasteiger partial charge in [-0.15, -0.1) is 0 Å². The molecule has 1 aromatic heterocycles. The molecule has 5 rings (SSSR count). The van der Waals surface area contributed by atoms with E-state index >= 15 is 4.39 Å². The van der Waals surface area contributed by atoms with Gasteiger partial charge in [0, 0.05) is 50.7 Å². The van der Waals surface area contributed by atoms with Crippen molar-refractivity contribution in [3.8, 4) is 11.4 Å². The lowest BCUT2D eigenvalue weighted by Gasteiger charge is -2.41. The van der Waals surface area contributed by atoms with Crippen LogP contribution in [-0.4, -0.2) is 65.1 Å². The first kappa shape index (κ1) is 24.4. The number of anilines is 1. The van der Waals surface area contributed by atoms with Gasteiger partial charge in [-0.3, -0.25) is 9.69 Å². The molecule has 1 aliphatic heterocycles. The maximum Gasteiger partial charge on any atom is 0.244 e. The van der Waals surface area contributed by atoms with E-state index in [-0.39, 0.29) is 17.8 Å². The fourth-order valence-electron chi connectivity index (χ4n) is 5.15. The van der Waals surface area contributed by atoms with E-state index in [1.54, 1.807) is 6.07 Å². The molecule has 2 fully saturated rings. The molecule has 1 saturated carbocycles. The third-order valence-corrected chi connectivity index (χ3v) is 7.55. The number of carbonyl (C=O) groups is 1. The van der Waals surface area contributed by atoms with E-state index in [1.165, 1.54) is 12.5 Å². The Hall–Kier alpha value is -3.26. The Kier molecular flexibility index (Phi) is 7.32. The van der Waals surface area contributed by atoms with Crippen LogP contribution >= 0.6 is 0 Å². The summed E-state index contributed by atoms with van der Waals surface area (Å²) in [6.45, 7) is 8.00. The van der Waals surface area contributed by atoms with Gasteiger partial charge in [-0.1, -0.05) is 41.9 Å². The molecule has 3 aromatic rings. The minimum absolute atomic E-state index is 0.122. The van der Waals surface area contributed by atoms with Crippen molar-refractivity contribution in [3.05, 3.63) is 65.8 Å². The smallest absolute Gasteiger partial charge is 0.244 e. The van der Waals surface area contributed by atoms with Gasteiger partial charge < -0.3 is 14.3 Å². The minimum atomic E-state index is -0.330. The molecular formula is C28H34FN5O2. The van der Waals surface area contributed by atoms with Crippen molar-refractivity contribution in [1.82, 2.24) is 19.9 Å². The van der Waals surface area contributed by atoms with E-state index in [0.717, 1.165) is 18.4 Å². The molecule has 1 saturated heterocycles. The molecule has 0 spiro atoms. The van der Waals surface area contributed by atoms with Crippen LogP contribution in [0.3, 0.4) is 0 Å². The number of carbonyl (C=O) groups excluding carboxylic acids is 1. The number of halogens is 1. The zero-order valence-electron chi connectivity index (χ0n) is 21.1. The highest BCUT2D eigenvalue weighted by Crippen LogP contribution is 2.36. The number of hydrogen-bond acceptors (Lipinski definition) is 6. The molecule has 2 aromatic carbocycles. The van der Waals surface area contributed by atoms with Crippen molar-refractivity contribution >= 4 is 11.6 Å². The van der Waals surface area contributed by atoms with Crippen molar-refractivity contribution in [2.24, 2.45) is 0 Å². The third-order valence-electron chi connectivity index (χ3n) is 7.55. The average Bonchev–Trinajstić information content (AvgIpc) is 3.34. The number of hydrogen-bond donors (Lipinski definition) is 0. The standard InChI is InChI=1S/C28H34FN5O2/c1-3-32(4-2)28(35)25(20-9-6-5-7-10-20)34-17-15-33(16-18-34)24-14-13-22(19-23(24)29)26-30-27(36-31-26)21-11-8-12-21/h5-7,9-10,13-14,19,21,25H,3-4,8,11-12,15-18H2,1-2H3. The summed E-state index contributed by atoms with van der Waals surface area (Å²) in [5.74, 6) is 1.27. The van der Waals surface area contributed by atoms with Gasteiger partial charge in [0.2, 0.25) is 17.6 Å². The van der Waals surface area contributed by atoms with Crippen molar-refractivity contribution < 1.29 is 13.7 Å². The lowest BCUT2D eigenvalue weighted by Crippen LogP contribution is -2.51. The largest absolute Gasteiger partial charge is 0.367 e. The predicted octanol–water partition coefficient (Wildman–Crippen LogP) is 4.87. The van der Waals surface area contributed by atoms with Gasteiger partial charge in [0.15, 0.2) is 0 Å². The second-order valence-electron chi connectivity index (χ2n) is 9.60. The zero-order valence-corrected chi connectivity index (χ0v) is 21.1. The summed E-state index contributed by atoms with van der Waals surface area (Å²) >= 11 is 0. The molecule has 190 valence electrons. The second-order valence-corrected chi connectivity index (χ2v) is 9.60. The summed E-state index contributed by atoms with van der Waals surface area (Å²) < 4.78 is 20.6. The van der Waals surface area contributed by atoms with E-state index in [4.69, 9.17) is 4.52 Å². The van der Waals surface area contributed by atoms with Gasteiger partial charge >= 0.3 is 0 Å². The fraction of sp³-hybridized carbons (Fsp3) is 0.464. The minimum Gasteiger partial charge on any atom is -0.367 e. The molecular weight excluding hydrogens is 457 g/mol. The Morgan fingerprint density at radius 2 is 1.81 bits per heavy atom. The summed E-state index contributed by atoms with van der Waals surface area (Å²) in [7, 11) is 0. The van der Waals surface area contributed by atoms with Crippen LogP contribution in [0.5, 0.6) is 0 Å². The van der Waals surface area contributed by atoms with Gasteiger partial charge in [-0.2, -0.15) is 4.98 Å². The van der Waals surface area contributed by atoms with E-state index < -0.39 is 0 Å². The van der Waals surface area contributed by atoms with Crippen LogP contribution in [0.2, 0.25) is 0 Å². The van der Waals surface area contributed by atoms with Crippen molar-refractivity contribution in [3.63, 3.8) is 0 Å². The van der Waals surface area contributed by atoms with Crippen LogP contribution in [-0.2, 0) is 4.79 Å². The average molecular weight is 492 g/mol. The maximum atomic E-state index is 15.2. The Balaban J connectivity index is 1.29. The molecule has 8 heteroatoms. The molecule has 36 heavy (non-hydrogen) atoms. The molecule has 1 atom stereocenters. The SMILES string of the molecule is CCN(CC)C(=O)C(c1ccccc1)N1CCN(c2ccc(-c3noc(C4CCC4)n3)cc2F)CC1. The van der Waals surface area contributed by atoms with Crippen LogP contribution in [0.1, 0.15) is 56.5 Å². The molecule has 0 N–H and O–H groups in total. The quantitative estimate of drug-likeness (QED) is 0.448. The summed E-state index contributed by atoms with van der Waals surface area (Å²) in [6, 6.07) is 14.8. The Morgan fingerprint density at radius 1 is 1.08 bits per heavy atom. The Morgan fingerprint density at radius 3 is 2.42 bits per heavy atom. The molecule has 1 amide bonds. The number of rotatable bonds is 8. The van der Waals surface area contributed by atoms with Crippen molar-refractivity contribution in [2.75, 3.05) is 44.2 Å². The lowest BCUT2D eigenvalue weighted by molar-refractivity contribution is -0.137. The first-order valence-corrected chi connectivity index (χ1v) is 13.0. The maximum absolute atomic E-state index is 15.2. The monoisotopic (exact) mass is 491 g/mol. The fourth-order valence-corrected chi connectivity index (χ4v) is 5.15. The number of benzene rings is 2. The summed E-state index contributed by atoms with van der Waals surface area (Å²) in [5.41, 5.74) is 2.19. The number of nitrogens with zero attached hydrogens (tertiary/aromatic N) is 5. The molecule has 2 aliphatic rings. The molecule has 1 unspecified atom stereocenters. The van der Waals surface area contributed by atoms with Gasteiger partial charge in [-0.05, 0) is 50.5 Å². The number of amides is 1. The molecule has 0 radical (unpaired) electrons. The first-order valence-electron chi connectivity index (χ1n) is 13.0. The molecule has 7 nitrogen and oxygen atoms in total. The van der Waals surface area contributed by atoms with Crippen LogP contribution in [0.15, 0.2) is 53.1 Å². The van der Waals surface area contributed by atoms with Gasteiger partial charge in [0.05, 0.1) is 5.69 Å². The zero-order chi connectivity index (χ0) is 25.1. The van der Waals surface area contributed by atoms with E-state index in [2.05, 4.69) is 19.9 Å². The second kappa shape index (κ2) is 10.8. The van der Waals surface area contributed by atoms with E-state index in [0.29, 0.717) is 68.2 Å². The van der Waals surface area contributed by atoms with Crippen LogP contribution in [0.25, 0.3) is 11.4 Å². The van der Waals surface area contributed by atoms with Crippen LogP contribution in [0.4, 0.5) is 10.1 Å². The van der Waals surface area contributed by atoms with Crippen molar-refractivity contribution in [1.29, 1.82) is 0 Å². The molecule has 1 aliphatic carbocycles. The topological polar surface area (TPSA) is 65.7 Å². The molecule has 0 bridgehead atoms. The highest BCUT2D eigenvalue weighted by atomic mass is 19.1. The lowest BCUT2D eigenvalue weighted by atomic mass is 9.85. The summed E-state index contributed by atoms with van der Waals surface area (Å²) in [6.07, 6.45) is 3.34. The van der Waals surface area contributed by atoms with E-state index in [9.17, 15) is 4.79 Å². The summed E-state index contributed by atoms with van der Waals surface area (Å²) in [5, 5.41) is 4.07.